The molecule has 0 bridgehead atoms. The molecule has 1 unspecified atom stereocenters. The highest BCUT2D eigenvalue weighted by Gasteiger charge is 2.26. The number of carboxylic acid groups (broad SMARTS) is 1. The molecule has 2 amide bonds. The number of aromatic nitrogens is 1. The maximum Gasteiger partial charge on any atom is 0.405 e. The number of rotatable bonds is 5. The van der Waals surface area contributed by atoms with Crippen molar-refractivity contribution >= 4 is 33.6 Å². The van der Waals surface area contributed by atoms with Gasteiger partial charge in [-0.15, -0.1) is 11.3 Å². The van der Waals surface area contributed by atoms with Gasteiger partial charge >= 0.3 is 6.09 Å². The number of hydrogen-bond donors (Lipinski definition) is 3. The second-order valence-electron chi connectivity index (χ2n) is 5.57. The van der Waals surface area contributed by atoms with Gasteiger partial charge in [0.2, 0.25) is 5.91 Å². The molecular formula is C15H18FN3O3S. The Balaban J connectivity index is 2.13. The van der Waals surface area contributed by atoms with Gasteiger partial charge in [-0.05, 0) is 31.0 Å². The van der Waals surface area contributed by atoms with Crippen molar-refractivity contribution in [3.63, 3.8) is 0 Å². The third-order valence-corrected chi connectivity index (χ3v) is 4.53. The first kappa shape index (κ1) is 17.1. The molecule has 23 heavy (non-hydrogen) atoms. The van der Waals surface area contributed by atoms with E-state index in [-0.39, 0.29) is 11.7 Å². The van der Waals surface area contributed by atoms with Gasteiger partial charge in [-0.2, -0.15) is 0 Å². The van der Waals surface area contributed by atoms with Crippen molar-refractivity contribution in [3.8, 4) is 0 Å². The zero-order valence-electron chi connectivity index (χ0n) is 13.0. The molecule has 3 N–H and O–H groups in total. The van der Waals surface area contributed by atoms with Gasteiger partial charge < -0.3 is 15.7 Å². The maximum atomic E-state index is 13.2. The Morgan fingerprint density at radius 3 is 2.57 bits per heavy atom. The topological polar surface area (TPSA) is 91.3 Å². The smallest absolute Gasteiger partial charge is 0.405 e. The Morgan fingerprint density at radius 1 is 1.26 bits per heavy atom. The van der Waals surface area contributed by atoms with Crippen LogP contribution in [0.15, 0.2) is 18.2 Å². The van der Waals surface area contributed by atoms with Gasteiger partial charge in [-0.1, -0.05) is 13.8 Å². The van der Waals surface area contributed by atoms with Gasteiger partial charge in [0.25, 0.3) is 0 Å². The molecule has 2 aromatic rings. The number of nitrogens with zero attached hydrogens (tertiary/aromatic N) is 1. The highest BCUT2D eigenvalue weighted by atomic mass is 32.1. The molecule has 6 nitrogen and oxygen atoms in total. The average molecular weight is 339 g/mol. The van der Waals surface area contributed by atoms with Gasteiger partial charge in [0, 0.05) is 0 Å². The summed E-state index contributed by atoms with van der Waals surface area (Å²) in [6.07, 6.45) is -1.25. The molecule has 0 aliphatic rings. The van der Waals surface area contributed by atoms with Crippen molar-refractivity contribution in [2.24, 2.45) is 5.92 Å². The summed E-state index contributed by atoms with van der Waals surface area (Å²) >= 11 is 1.29. The van der Waals surface area contributed by atoms with E-state index in [0.717, 1.165) is 0 Å². The largest absolute Gasteiger partial charge is 0.465 e. The first-order valence-electron chi connectivity index (χ1n) is 7.13. The van der Waals surface area contributed by atoms with Crippen LogP contribution >= 0.6 is 11.3 Å². The molecule has 1 aromatic carbocycles. The van der Waals surface area contributed by atoms with Crippen LogP contribution in [0.4, 0.5) is 9.18 Å². The molecule has 0 aliphatic heterocycles. The minimum atomic E-state index is -1.25. The van der Waals surface area contributed by atoms with Gasteiger partial charge in [0.15, 0.2) is 0 Å². The second kappa shape index (κ2) is 6.91. The number of halogens is 1. The number of thiazole rings is 1. The summed E-state index contributed by atoms with van der Waals surface area (Å²) in [6, 6.07) is 3.07. The van der Waals surface area contributed by atoms with E-state index in [2.05, 4.69) is 15.6 Å². The number of carbonyl (C=O) groups excluding carboxylic acids is 1. The number of carbonyl (C=O) groups is 2. The first-order valence-corrected chi connectivity index (χ1v) is 7.95. The van der Waals surface area contributed by atoms with Crippen LogP contribution < -0.4 is 10.6 Å². The Kier molecular flexibility index (Phi) is 5.15. The van der Waals surface area contributed by atoms with Crippen LogP contribution in [0.2, 0.25) is 0 Å². The summed E-state index contributed by atoms with van der Waals surface area (Å²) < 4.78 is 13.9. The molecule has 2 rings (SSSR count). The van der Waals surface area contributed by atoms with Crippen LogP contribution in [0.25, 0.3) is 10.2 Å². The van der Waals surface area contributed by atoms with Gasteiger partial charge in [0.05, 0.1) is 16.3 Å². The Bertz CT molecular complexity index is 732. The molecule has 0 aliphatic carbocycles. The predicted octanol–water partition coefficient (Wildman–Crippen LogP) is 2.90. The van der Waals surface area contributed by atoms with E-state index in [1.54, 1.807) is 26.8 Å². The quantitative estimate of drug-likeness (QED) is 0.781. The molecule has 0 fully saturated rings. The summed E-state index contributed by atoms with van der Waals surface area (Å²) in [5.74, 6) is -0.946. The maximum absolute atomic E-state index is 13.2. The number of hydrogen-bond acceptors (Lipinski definition) is 4. The van der Waals surface area contributed by atoms with E-state index >= 15 is 0 Å². The summed E-state index contributed by atoms with van der Waals surface area (Å²) in [4.78, 5) is 27.4. The summed E-state index contributed by atoms with van der Waals surface area (Å²) in [6.45, 7) is 5.26. The number of fused-ring (bicyclic) bond motifs is 1. The fraction of sp³-hybridized carbons (Fsp3) is 0.400. The standard InChI is InChI=1S/C15H18FN3O3S/c1-7(2)12(19-15(21)22)13(20)17-8(3)14-18-10-5-4-9(16)6-11(10)23-14/h4-8,12,19H,1-3H3,(H,17,20)(H,21,22)/t8?,12-/m0/s1. The van der Waals surface area contributed by atoms with Crippen molar-refractivity contribution in [1.82, 2.24) is 15.6 Å². The van der Waals surface area contributed by atoms with Gasteiger partial charge in [-0.3, -0.25) is 4.79 Å². The highest BCUT2D eigenvalue weighted by molar-refractivity contribution is 7.18. The minimum absolute atomic E-state index is 0.192. The summed E-state index contributed by atoms with van der Waals surface area (Å²) in [5.41, 5.74) is 0.663. The van der Waals surface area contributed by atoms with Crippen molar-refractivity contribution in [2.45, 2.75) is 32.9 Å². The Morgan fingerprint density at radius 2 is 1.96 bits per heavy atom. The lowest BCUT2D eigenvalue weighted by Crippen LogP contribution is -2.49. The Hall–Kier alpha value is -2.22. The van der Waals surface area contributed by atoms with Gasteiger partial charge in [0.1, 0.15) is 16.9 Å². The number of nitrogens with one attached hydrogen (secondary N) is 2. The third-order valence-electron chi connectivity index (χ3n) is 3.32. The summed E-state index contributed by atoms with van der Waals surface area (Å²) in [7, 11) is 0. The SMILES string of the molecule is CC(NC(=O)[C@@H](NC(=O)O)C(C)C)c1nc2ccc(F)cc2s1. The zero-order valence-corrected chi connectivity index (χ0v) is 13.8. The fourth-order valence-corrected chi connectivity index (χ4v) is 3.13. The molecule has 1 aromatic heterocycles. The lowest BCUT2D eigenvalue weighted by Gasteiger charge is -2.22. The van der Waals surface area contributed by atoms with Crippen LogP contribution in [0.1, 0.15) is 31.8 Å². The van der Waals surface area contributed by atoms with Crippen molar-refractivity contribution in [3.05, 3.63) is 29.0 Å². The van der Waals surface area contributed by atoms with Crippen LogP contribution in [0.5, 0.6) is 0 Å². The molecular weight excluding hydrogens is 321 g/mol. The van der Waals surface area contributed by atoms with Crippen molar-refractivity contribution < 1.29 is 19.1 Å². The van der Waals surface area contributed by atoms with E-state index in [1.807, 2.05) is 0 Å². The lowest BCUT2D eigenvalue weighted by molar-refractivity contribution is -0.124. The van der Waals surface area contributed by atoms with E-state index in [1.165, 1.54) is 23.5 Å². The lowest BCUT2D eigenvalue weighted by atomic mass is 10.0. The molecule has 0 saturated heterocycles. The van der Waals surface area contributed by atoms with E-state index in [9.17, 15) is 14.0 Å². The average Bonchev–Trinajstić information content (AvgIpc) is 2.87. The van der Waals surface area contributed by atoms with E-state index in [0.29, 0.717) is 15.2 Å². The molecule has 124 valence electrons. The van der Waals surface area contributed by atoms with Crippen LogP contribution in [-0.2, 0) is 4.79 Å². The van der Waals surface area contributed by atoms with Crippen LogP contribution in [-0.4, -0.2) is 28.1 Å². The predicted molar refractivity (Wildman–Crippen MR) is 85.9 cm³/mol. The van der Waals surface area contributed by atoms with Gasteiger partial charge in [-0.25, -0.2) is 14.2 Å². The molecule has 0 spiro atoms. The van der Waals surface area contributed by atoms with Crippen LogP contribution in [0.3, 0.4) is 0 Å². The molecule has 0 saturated carbocycles. The molecule has 1 heterocycles. The summed E-state index contributed by atoms with van der Waals surface area (Å²) in [5, 5.41) is 14.4. The monoisotopic (exact) mass is 339 g/mol. The van der Waals surface area contributed by atoms with E-state index < -0.39 is 24.1 Å². The Labute approximate surface area is 136 Å². The number of benzene rings is 1. The first-order chi connectivity index (χ1) is 10.8. The number of amides is 2. The molecule has 0 radical (unpaired) electrons. The minimum Gasteiger partial charge on any atom is -0.465 e. The molecule has 8 heteroatoms. The van der Waals surface area contributed by atoms with Crippen LogP contribution in [0, 0.1) is 11.7 Å². The molecule has 2 atom stereocenters. The van der Waals surface area contributed by atoms with E-state index in [4.69, 9.17) is 5.11 Å². The van der Waals surface area contributed by atoms with Crippen molar-refractivity contribution in [1.29, 1.82) is 0 Å². The highest BCUT2D eigenvalue weighted by Crippen LogP contribution is 2.27. The second-order valence-corrected chi connectivity index (χ2v) is 6.63. The zero-order chi connectivity index (χ0) is 17.1. The third kappa shape index (κ3) is 4.16. The fourth-order valence-electron chi connectivity index (χ4n) is 2.13. The normalized spacial score (nSPS) is 13.8. The van der Waals surface area contributed by atoms with Crippen molar-refractivity contribution in [2.75, 3.05) is 0 Å².